The minimum Gasteiger partial charge on any atom is -0.489 e. The van der Waals surface area contributed by atoms with E-state index in [9.17, 15) is 9.59 Å². The van der Waals surface area contributed by atoms with Crippen molar-refractivity contribution in [3.05, 3.63) is 42.0 Å². The second kappa shape index (κ2) is 12.0. The van der Waals surface area contributed by atoms with E-state index in [1.807, 2.05) is 41.8 Å². The Morgan fingerprint density at radius 3 is 2.69 bits per heavy atom. The van der Waals surface area contributed by atoms with E-state index >= 15 is 0 Å². The molecule has 2 amide bonds. The highest BCUT2D eigenvalue weighted by atomic mass is 16.5. The van der Waals surface area contributed by atoms with Gasteiger partial charge in [0.2, 0.25) is 11.8 Å². The van der Waals surface area contributed by atoms with E-state index in [4.69, 9.17) is 4.74 Å². The molecule has 176 valence electrons. The molecule has 1 fully saturated rings. The maximum absolute atomic E-state index is 13.2. The summed E-state index contributed by atoms with van der Waals surface area (Å²) in [6.45, 7) is 11.6. The number of ether oxygens (including phenoxy) is 1. The number of nitrogens with zero attached hydrogens (tertiary/aromatic N) is 3. The Morgan fingerprint density at radius 1 is 1.16 bits per heavy atom. The standard InChI is InChI=1S/C26H39N3O3/c1-4-14-27-18-23-10-7-8-12-24(23)32-16-9-11-22-19-29(26(31)20-27)15-13-21(22)17-25(30)28(5-2)6-3/h7-12,21-22H,4-6,13-20H2,1-3H3/b11-9+/t21-,22-/m0/s1. The highest BCUT2D eigenvalue weighted by Crippen LogP contribution is 2.29. The van der Waals surface area contributed by atoms with Crippen molar-refractivity contribution in [1.82, 2.24) is 14.7 Å². The molecule has 2 aliphatic rings. The molecular formula is C26H39N3O3. The van der Waals surface area contributed by atoms with Crippen LogP contribution in [0.25, 0.3) is 0 Å². The van der Waals surface area contributed by atoms with Crippen molar-refractivity contribution in [2.24, 2.45) is 11.8 Å². The zero-order valence-corrected chi connectivity index (χ0v) is 20.0. The normalized spacial score (nSPS) is 23.2. The van der Waals surface area contributed by atoms with Crippen LogP contribution in [0.3, 0.4) is 0 Å². The molecule has 1 aromatic carbocycles. The monoisotopic (exact) mass is 441 g/mol. The van der Waals surface area contributed by atoms with Crippen LogP contribution in [0.15, 0.2) is 36.4 Å². The number of carbonyl (C=O) groups excluding carboxylic acids is 2. The first-order valence-electron chi connectivity index (χ1n) is 12.2. The minimum absolute atomic E-state index is 0.173. The Hall–Kier alpha value is -2.34. The van der Waals surface area contributed by atoms with Crippen LogP contribution >= 0.6 is 0 Å². The van der Waals surface area contributed by atoms with Crippen LogP contribution in [0.1, 0.15) is 45.6 Å². The number of hydrogen-bond acceptors (Lipinski definition) is 4. The molecule has 2 bridgehead atoms. The van der Waals surface area contributed by atoms with Crippen LogP contribution in [-0.4, -0.2) is 72.4 Å². The van der Waals surface area contributed by atoms with E-state index in [2.05, 4.69) is 30.0 Å². The molecule has 0 spiro atoms. The number of rotatable bonds is 6. The number of hydrogen-bond donors (Lipinski definition) is 0. The molecule has 0 saturated carbocycles. The molecule has 0 aromatic heterocycles. The van der Waals surface area contributed by atoms with Gasteiger partial charge in [0, 0.05) is 44.7 Å². The van der Waals surface area contributed by atoms with E-state index in [1.54, 1.807) is 0 Å². The summed E-state index contributed by atoms with van der Waals surface area (Å²) in [6.07, 6.45) is 6.64. The number of carbonyl (C=O) groups is 2. The molecule has 2 aliphatic heterocycles. The van der Waals surface area contributed by atoms with Gasteiger partial charge in [-0.2, -0.15) is 0 Å². The number of para-hydroxylation sites is 1. The van der Waals surface area contributed by atoms with Crippen LogP contribution in [-0.2, 0) is 16.1 Å². The third-order valence-electron chi connectivity index (χ3n) is 6.70. The summed E-state index contributed by atoms with van der Waals surface area (Å²) in [6, 6.07) is 8.10. The quantitative estimate of drug-likeness (QED) is 0.634. The van der Waals surface area contributed by atoms with Crippen molar-refractivity contribution >= 4 is 11.8 Å². The predicted molar refractivity (Wildman–Crippen MR) is 127 cm³/mol. The first-order chi connectivity index (χ1) is 15.5. The van der Waals surface area contributed by atoms with Gasteiger partial charge in [0.05, 0.1) is 6.54 Å². The van der Waals surface area contributed by atoms with Crippen molar-refractivity contribution < 1.29 is 14.3 Å². The SMILES string of the molecule is CCCN1CC(=O)N2CC[C@@H](CC(=O)N(CC)CC)[C@@H](/C=C/COc3ccccc3C1)C2. The van der Waals surface area contributed by atoms with E-state index in [1.165, 1.54) is 0 Å². The Labute approximate surface area is 193 Å². The van der Waals surface area contributed by atoms with Crippen LogP contribution in [0, 0.1) is 11.8 Å². The van der Waals surface area contributed by atoms with Crippen molar-refractivity contribution in [2.75, 3.05) is 45.9 Å². The molecule has 1 aromatic rings. The molecule has 0 radical (unpaired) electrons. The summed E-state index contributed by atoms with van der Waals surface area (Å²) in [5.74, 6) is 1.71. The Bertz CT molecular complexity index is 790. The van der Waals surface area contributed by atoms with E-state index in [0.717, 1.165) is 50.3 Å². The first kappa shape index (κ1) is 24.3. The van der Waals surface area contributed by atoms with Gasteiger partial charge in [-0.15, -0.1) is 0 Å². The average molecular weight is 442 g/mol. The van der Waals surface area contributed by atoms with Gasteiger partial charge in [-0.3, -0.25) is 14.5 Å². The molecule has 0 aliphatic carbocycles. The zero-order valence-electron chi connectivity index (χ0n) is 20.0. The minimum atomic E-state index is 0.173. The van der Waals surface area contributed by atoms with Gasteiger partial charge in [-0.05, 0) is 51.1 Å². The lowest BCUT2D eigenvalue weighted by molar-refractivity contribution is -0.136. The van der Waals surface area contributed by atoms with E-state index < -0.39 is 0 Å². The molecule has 0 N–H and O–H groups in total. The van der Waals surface area contributed by atoms with Crippen molar-refractivity contribution in [1.29, 1.82) is 0 Å². The van der Waals surface area contributed by atoms with E-state index in [-0.39, 0.29) is 23.7 Å². The molecule has 6 nitrogen and oxygen atoms in total. The average Bonchev–Trinajstić information content (AvgIpc) is 2.79. The Balaban J connectivity index is 1.80. The maximum Gasteiger partial charge on any atom is 0.236 e. The Morgan fingerprint density at radius 2 is 1.94 bits per heavy atom. The summed E-state index contributed by atoms with van der Waals surface area (Å²) < 4.78 is 6.09. The largest absolute Gasteiger partial charge is 0.489 e. The van der Waals surface area contributed by atoms with Gasteiger partial charge >= 0.3 is 0 Å². The number of benzene rings is 1. The van der Waals surface area contributed by atoms with Crippen molar-refractivity contribution in [2.45, 2.75) is 46.6 Å². The maximum atomic E-state index is 13.2. The number of amides is 2. The third kappa shape index (κ3) is 6.35. The fourth-order valence-corrected chi connectivity index (χ4v) is 4.86. The fraction of sp³-hybridized carbons (Fsp3) is 0.615. The molecule has 2 heterocycles. The predicted octanol–water partition coefficient (Wildman–Crippen LogP) is 3.57. The lowest BCUT2D eigenvalue weighted by Crippen LogP contribution is -2.48. The number of piperidine rings is 1. The van der Waals surface area contributed by atoms with Crippen molar-refractivity contribution in [3.63, 3.8) is 0 Å². The van der Waals surface area contributed by atoms with Crippen LogP contribution < -0.4 is 4.74 Å². The summed E-state index contributed by atoms with van der Waals surface area (Å²) >= 11 is 0. The molecule has 1 saturated heterocycles. The van der Waals surface area contributed by atoms with Crippen LogP contribution in [0.4, 0.5) is 0 Å². The van der Waals surface area contributed by atoms with Crippen LogP contribution in [0.2, 0.25) is 0 Å². The zero-order chi connectivity index (χ0) is 22.9. The van der Waals surface area contributed by atoms with E-state index in [0.29, 0.717) is 32.7 Å². The van der Waals surface area contributed by atoms with Gasteiger partial charge in [-0.1, -0.05) is 37.3 Å². The summed E-state index contributed by atoms with van der Waals surface area (Å²) in [5.41, 5.74) is 1.11. The van der Waals surface area contributed by atoms with Gasteiger partial charge in [-0.25, -0.2) is 0 Å². The molecule has 0 unspecified atom stereocenters. The van der Waals surface area contributed by atoms with Crippen LogP contribution in [0.5, 0.6) is 5.75 Å². The Kier molecular flexibility index (Phi) is 9.15. The first-order valence-corrected chi connectivity index (χ1v) is 12.2. The number of fused-ring (bicyclic) bond motifs is 3. The van der Waals surface area contributed by atoms with Gasteiger partial charge < -0.3 is 14.5 Å². The fourth-order valence-electron chi connectivity index (χ4n) is 4.86. The third-order valence-corrected chi connectivity index (χ3v) is 6.70. The van der Waals surface area contributed by atoms with Gasteiger partial charge in [0.1, 0.15) is 12.4 Å². The molecule has 6 heteroatoms. The highest BCUT2D eigenvalue weighted by molar-refractivity contribution is 5.79. The molecule has 32 heavy (non-hydrogen) atoms. The lowest BCUT2D eigenvalue weighted by Gasteiger charge is -2.38. The summed E-state index contributed by atoms with van der Waals surface area (Å²) in [5, 5.41) is 0. The van der Waals surface area contributed by atoms with Gasteiger partial charge in [0.25, 0.3) is 0 Å². The lowest BCUT2D eigenvalue weighted by atomic mass is 9.82. The second-order valence-electron chi connectivity index (χ2n) is 8.88. The second-order valence-corrected chi connectivity index (χ2v) is 8.88. The molecule has 3 rings (SSSR count). The van der Waals surface area contributed by atoms with Gasteiger partial charge in [0.15, 0.2) is 0 Å². The smallest absolute Gasteiger partial charge is 0.236 e. The summed E-state index contributed by atoms with van der Waals surface area (Å²) in [4.78, 5) is 32.1. The van der Waals surface area contributed by atoms with Crippen molar-refractivity contribution in [3.8, 4) is 5.75 Å². The molecular weight excluding hydrogens is 402 g/mol. The molecule has 2 atom stereocenters. The topological polar surface area (TPSA) is 53.1 Å². The summed E-state index contributed by atoms with van der Waals surface area (Å²) in [7, 11) is 0. The highest BCUT2D eigenvalue weighted by Gasteiger charge is 2.32.